The predicted octanol–water partition coefficient (Wildman–Crippen LogP) is 4.92. The van der Waals surface area contributed by atoms with Gasteiger partial charge < -0.3 is 10.1 Å². The lowest BCUT2D eigenvalue weighted by Crippen LogP contribution is -2.13. The van der Waals surface area contributed by atoms with Gasteiger partial charge in [0, 0.05) is 15.7 Å². The Kier molecular flexibility index (Phi) is 6.72. The zero-order valence-corrected chi connectivity index (χ0v) is 15.1. The summed E-state index contributed by atoms with van der Waals surface area (Å²) in [6.45, 7) is 2.53. The van der Waals surface area contributed by atoms with Crippen LogP contribution in [-0.2, 0) is 4.79 Å². The standard InChI is InChI=1S/C19H16BrFN2O2/c1-2-9-25-18-8-3-15(20)11-13(18)10-14(12-22)19(24)23-17-6-4-16(21)5-7-17/h3-8,10-11H,2,9H2,1H3,(H,23,24)/b14-10+. The molecule has 0 fully saturated rings. The van der Waals surface area contributed by atoms with E-state index in [2.05, 4.69) is 21.2 Å². The maximum Gasteiger partial charge on any atom is 0.266 e. The molecule has 2 aromatic carbocycles. The number of nitriles is 1. The lowest BCUT2D eigenvalue weighted by Gasteiger charge is -2.09. The molecule has 6 heteroatoms. The Morgan fingerprint density at radius 3 is 2.68 bits per heavy atom. The molecular formula is C19H16BrFN2O2. The Hall–Kier alpha value is -2.65. The highest BCUT2D eigenvalue weighted by Gasteiger charge is 2.12. The molecule has 25 heavy (non-hydrogen) atoms. The van der Waals surface area contributed by atoms with Gasteiger partial charge in [0.05, 0.1) is 6.61 Å². The molecule has 0 radical (unpaired) electrons. The number of amides is 1. The fourth-order valence-corrected chi connectivity index (χ4v) is 2.39. The van der Waals surface area contributed by atoms with Gasteiger partial charge in [0.25, 0.3) is 5.91 Å². The topological polar surface area (TPSA) is 62.1 Å². The average molecular weight is 403 g/mol. The number of halogens is 2. The normalized spacial score (nSPS) is 10.9. The van der Waals surface area contributed by atoms with E-state index in [9.17, 15) is 14.4 Å². The van der Waals surface area contributed by atoms with Gasteiger partial charge in [-0.15, -0.1) is 0 Å². The van der Waals surface area contributed by atoms with Gasteiger partial charge in [-0.1, -0.05) is 22.9 Å². The minimum atomic E-state index is -0.574. The van der Waals surface area contributed by atoms with Crippen molar-refractivity contribution in [3.8, 4) is 11.8 Å². The number of carbonyl (C=O) groups is 1. The Bertz CT molecular complexity index is 826. The first-order valence-corrected chi connectivity index (χ1v) is 8.44. The van der Waals surface area contributed by atoms with Crippen LogP contribution in [0.4, 0.5) is 10.1 Å². The summed E-state index contributed by atoms with van der Waals surface area (Å²) < 4.78 is 19.4. The molecule has 2 aromatic rings. The highest BCUT2D eigenvalue weighted by atomic mass is 79.9. The fraction of sp³-hybridized carbons (Fsp3) is 0.158. The third-order valence-corrected chi connectivity index (χ3v) is 3.69. The van der Waals surface area contributed by atoms with E-state index in [0.717, 1.165) is 10.9 Å². The smallest absolute Gasteiger partial charge is 0.266 e. The van der Waals surface area contributed by atoms with Gasteiger partial charge in [0.1, 0.15) is 23.2 Å². The number of hydrogen-bond acceptors (Lipinski definition) is 3. The number of nitrogens with one attached hydrogen (secondary N) is 1. The number of carbonyl (C=O) groups excluding carboxylic acids is 1. The number of ether oxygens (including phenoxy) is 1. The summed E-state index contributed by atoms with van der Waals surface area (Å²) in [6, 6.07) is 12.6. The molecule has 0 saturated heterocycles. The molecule has 128 valence electrons. The second kappa shape index (κ2) is 9.00. The van der Waals surface area contributed by atoms with Gasteiger partial charge in [-0.2, -0.15) is 5.26 Å². The van der Waals surface area contributed by atoms with Gasteiger partial charge in [0.2, 0.25) is 0 Å². The first-order valence-electron chi connectivity index (χ1n) is 7.64. The summed E-state index contributed by atoms with van der Waals surface area (Å²) in [7, 11) is 0. The van der Waals surface area contributed by atoms with Crippen LogP contribution in [0, 0.1) is 17.1 Å². The molecule has 1 amide bonds. The first-order chi connectivity index (χ1) is 12.0. The molecule has 0 bridgehead atoms. The lowest BCUT2D eigenvalue weighted by atomic mass is 10.1. The van der Waals surface area contributed by atoms with E-state index in [1.54, 1.807) is 12.1 Å². The highest BCUT2D eigenvalue weighted by Crippen LogP contribution is 2.26. The number of rotatable bonds is 6. The fourth-order valence-electron chi connectivity index (χ4n) is 2.01. The van der Waals surface area contributed by atoms with Crippen LogP contribution in [0.3, 0.4) is 0 Å². The highest BCUT2D eigenvalue weighted by molar-refractivity contribution is 9.10. The Balaban J connectivity index is 2.27. The molecule has 0 unspecified atom stereocenters. The number of hydrogen-bond donors (Lipinski definition) is 1. The van der Waals surface area contributed by atoms with Gasteiger partial charge in [-0.05, 0) is 55.0 Å². The molecule has 2 rings (SSSR count). The summed E-state index contributed by atoms with van der Waals surface area (Å²) in [5.41, 5.74) is 0.946. The van der Waals surface area contributed by atoms with Crippen molar-refractivity contribution in [3.05, 3.63) is 63.9 Å². The predicted molar refractivity (Wildman–Crippen MR) is 98.5 cm³/mol. The van der Waals surface area contributed by atoms with Crippen molar-refractivity contribution in [1.29, 1.82) is 5.26 Å². The number of nitrogens with zero attached hydrogens (tertiary/aromatic N) is 1. The molecule has 0 atom stereocenters. The van der Waals surface area contributed by atoms with E-state index in [0.29, 0.717) is 23.6 Å². The molecule has 1 N–H and O–H groups in total. The largest absolute Gasteiger partial charge is 0.493 e. The quantitative estimate of drug-likeness (QED) is 0.550. The van der Waals surface area contributed by atoms with E-state index in [-0.39, 0.29) is 5.57 Å². The van der Waals surface area contributed by atoms with Crippen LogP contribution < -0.4 is 10.1 Å². The van der Waals surface area contributed by atoms with E-state index in [1.807, 2.05) is 19.1 Å². The van der Waals surface area contributed by atoms with Crippen molar-refractivity contribution in [3.63, 3.8) is 0 Å². The molecular weight excluding hydrogens is 387 g/mol. The van der Waals surface area contributed by atoms with Crippen molar-refractivity contribution >= 4 is 33.6 Å². The van der Waals surface area contributed by atoms with Crippen LogP contribution in [-0.4, -0.2) is 12.5 Å². The van der Waals surface area contributed by atoms with Crippen LogP contribution in [0.5, 0.6) is 5.75 Å². The zero-order valence-electron chi connectivity index (χ0n) is 13.6. The Labute approximate surface area is 154 Å². The van der Waals surface area contributed by atoms with E-state index in [4.69, 9.17) is 4.74 Å². The molecule has 0 aromatic heterocycles. The first kappa shape index (κ1) is 18.7. The summed E-state index contributed by atoms with van der Waals surface area (Å²) in [6.07, 6.45) is 2.31. The maximum atomic E-state index is 12.9. The molecule has 0 spiro atoms. The van der Waals surface area contributed by atoms with Crippen LogP contribution in [0.25, 0.3) is 6.08 Å². The summed E-state index contributed by atoms with van der Waals surface area (Å²) in [5.74, 6) is -0.385. The lowest BCUT2D eigenvalue weighted by molar-refractivity contribution is -0.112. The van der Waals surface area contributed by atoms with Gasteiger partial charge >= 0.3 is 0 Å². The minimum Gasteiger partial charge on any atom is -0.493 e. The maximum absolute atomic E-state index is 12.9. The van der Waals surface area contributed by atoms with Crippen molar-refractivity contribution in [2.45, 2.75) is 13.3 Å². The third kappa shape index (κ3) is 5.44. The second-order valence-corrected chi connectivity index (χ2v) is 6.08. The average Bonchev–Trinajstić information content (AvgIpc) is 2.60. The van der Waals surface area contributed by atoms with Crippen LogP contribution in [0.2, 0.25) is 0 Å². The van der Waals surface area contributed by atoms with Crippen LogP contribution in [0.15, 0.2) is 52.5 Å². The van der Waals surface area contributed by atoms with E-state index < -0.39 is 11.7 Å². The van der Waals surface area contributed by atoms with Crippen molar-refractivity contribution in [1.82, 2.24) is 0 Å². The Morgan fingerprint density at radius 1 is 1.32 bits per heavy atom. The van der Waals surface area contributed by atoms with E-state index >= 15 is 0 Å². The molecule has 0 aliphatic carbocycles. The molecule has 0 aliphatic rings. The monoisotopic (exact) mass is 402 g/mol. The SMILES string of the molecule is CCCOc1ccc(Br)cc1/C=C(\C#N)C(=O)Nc1ccc(F)cc1. The minimum absolute atomic E-state index is 0.0798. The van der Waals surface area contributed by atoms with Crippen molar-refractivity contribution in [2.75, 3.05) is 11.9 Å². The molecule has 0 heterocycles. The van der Waals surface area contributed by atoms with E-state index in [1.165, 1.54) is 30.3 Å². The molecule has 0 aliphatic heterocycles. The third-order valence-electron chi connectivity index (χ3n) is 3.20. The second-order valence-electron chi connectivity index (χ2n) is 5.16. The molecule has 0 saturated carbocycles. The molecule has 4 nitrogen and oxygen atoms in total. The summed E-state index contributed by atoms with van der Waals surface area (Å²) in [5, 5.41) is 11.9. The summed E-state index contributed by atoms with van der Waals surface area (Å²) in [4.78, 5) is 12.3. The zero-order chi connectivity index (χ0) is 18.2. The van der Waals surface area contributed by atoms with Crippen LogP contribution in [0.1, 0.15) is 18.9 Å². The van der Waals surface area contributed by atoms with Crippen molar-refractivity contribution < 1.29 is 13.9 Å². The van der Waals surface area contributed by atoms with Crippen molar-refractivity contribution in [2.24, 2.45) is 0 Å². The van der Waals surface area contributed by atoms with Gasteiger partial charge in [-0.25, -0.2) is 4.39 Å². The van der Waals surface area contributed by atoms with Gasteiger partial charge in [-0.3, -0.25) is 4.79 Å². The Morgan fingerprint density at radius 2 is 2.04 bits per heavy atom. The summed E-state index contributed by atoms with van der Waals surface area (Å²) >= 11 is 3.37. The number of anilines is 1. The number of benzene rings is 2. The van der Waals surface area contributed by atoms with Gasteiger partial charge in [0.15, 0.2) is 0 Å². The van der Waals surface area contributed by atoms with Crippen LogP contribution >= 0.6 is 15.9 Å².